The van der Waals surface area contributed by atoms with Crippen molar-refractivity contribution in [2.45, 2.75) is 26.8 Å². The van der Waals surface area contributed by atoms with E-state index < -0.39 is 0 Å². The molecule has 2 aromatic heterocycles. The Morgan fingerprint density at radius 1 is 1.16 bits per heavy atom. The monoisotopic (exact) mass is 254 g/mol. The number of rotatable bonds is 2. The Hall–Kier alpha value is -2.10. The second-order valence-electron chi connectivity index (χ2n) is 5.35. The third-order valence-electron chi connectivity index (χ3n) is 3.84. The molecule has 0 bridgehead atoms. The molecule has 3 rings (SSSR count). The SMILES string of the molecule is CC(C)[C@@H](C)n1cnc2c(N)nc3ccccc3c21. The quantitative estimate of drug-likeness (QED) is 0.762. The van der Waals surface area contributed by atoms with Crippen LogP contribution in [-0.2, 0) is 0 Å². The first-order valence-corrected chi connectivity index (χ1v) is 6.60. The number of fused-ring (bicyclic) bond motifs is 3. The van der Waals surface area contributed by atoms with Gasteiger partial charge in [0.05, 0.1) is 17.4 Å². The van der Waals surface area contributed by atoms with E-state index in [4.69, 9.17) is 5.73 Å². The van der Waals surface area contributed by atoms with Crippen LogP contribution in [0.3, 0.4) is 0 Å². The lowest BCUT2D eigenvalue weighted by molar-refractivity contribution is 0.417. The molecule has 0 radical (unpaired) electrons. The van der Waals surface area contributed by atoms with Crippen LogP contribution in [0.2, 0.25) is 0 Å². The summed E-state index contributed by atoms with van der Waals surface area (Å²) in [6.07, 6.45) is 1.87. The molecule has 3 aromatic rings. The zero-order valence-electron chi connectivity index (χ0n) is 11.5. The van der Waals surface area contributed by atoms with Gasteiger partial charge in [0.25, 0.3) is 0 Å². The molecular formula is C15H18N4. The number of anilines is 1. The predicted molar refractivity (Wildman–Crippen MR) is 79.0 cm³/mol. The Balaban J connectivity index is 2.42. The van der Waals surface area contributed by atoms with E-state index in [2.05, 4.69) is 41.4 Å². The molecule has 2 N–H and O–H groups in total. The highest BCUT2D eigenvalue weighted by Crippen LogP contribution is 2.30. The van der Waals surface area contributed by atoms with Gasteiger partial charge in [0, 0.05) is 11.4 Å². The molecule has 19 heavy (non-hydrogen) atoms. The van der Waals surface area contributed by atoms with Gasteiger partial charge in [-0.25, -0.2) is 9.97 Å². The standard InChI is InChI=1S/C15H18N4/c1-9(2)10(3)19-8-17-13-14(19)11-6-4-5-7-12(11)18-15(13)16/h4-10H,1-3H3,(H2,16,18)/t10-/m1/s1. The molecule has 0 saturated heterocycles. The van der Waals surface area contributed by atoms with Crippen LogP contribution in [0.15, 0.2) is 30.6 Å². The van der Waals surface area contributed by atoms with Crippen molar-refractivity contribution in [2.24, 2.45) is 5.92 Å². The summed E-state index contributed by atoms with van der Waals surface area (Å²) in [6.45, 7) is 6.63. The summed E-state index contributed by atoms with van der Waals surface area (Å²) in [5, 5.41) is 1.11. The van der Waals surface area contributed by atoms with Crippen molar-refractivity contribution >= 4 is 27.8 Å². The topological polar surface area (TPSA) is 56.7 Å². The summed E-state index contributed by atoms with van der Waals surface area (Å²) in [7, 11) is 0. The van der Waals surface area contributed by atoms with Crippen molar-refractivity contribution in [1.29, 1.82) is 0 Å². The van der Waals surface area contributed by atoms with Gasteiger partial charge in [-0.15, -0.1) is 0 Å². The van der Waals surface area contributed by atoms with Crippen LogP contribution in [0.5, 0.6) is 0 Å². The average Bonchev–Trinajstić information content (AvgIpc) is 2.83. The van der Waals surface area contributed by atoms with Crippen LogP contribution in [0, 0.1) is 5.92 Å². The Labute approximate surface area is 112 Å². The third-order valence-corrected chi connectivity index (χ3v) is 3.84. The van der Waals surface area contributed by atoms with Crippen LogP contribution in [0.25, 0.3) is 21.9 Å². The normalized spacial score (nSPS) is 13.5. The zero-order valence-corrected chi connectivity index (χ0v) is 11.5. The number of nitrogens with two attached hydrogens (primary N) is 1. The van der Waals surface area contributed by atoms with Crippen molar-refractivity contribution in [1.82, 2.24) is 14.5 Å². The maximum absolute atomic E-state index is 6.02. The van der Waals surface area contributed by atoms with E-state index in [-0.39, 0.29) is 0 Å². The summed E-state index contributed by atoms with van der Waals surface area (Å²) >= 11 is 0. The van der Waals surface area contributed by atoms with Crippen molar-refractivity contribution in [3.8, 4) is 0 Å². The van der Waals surface area contributed by atoms with Crippen molar-refractivity contribution in [3.05, 3.63) is 30.6 Å². The fourth-order valence-electron chi connectivity index (χ4n) is 2.40. The Kier molecular flexibility index (Phi) is 2.66. The number of hydrogen-bond donors (Lipinski definition) is 1. The highest BCUT2D eigenvalue weighted by atomic mass is 15.1. The van der Waals surface area contributed by atoms with E-state index in [1.165, 1.54) is 0 Å². The molecule has 0 aliphatic carbocycles. The first-order chi connectivity index (χ1) is 9.09. The minimum Gasteiger partial charge on any atom is -0.382 e. The van der Waals surface area contributed by atoms with Gasteiger partial charge in [0.15, 0.2) is 5.82 Å². The van der Waals surface area contributed by atoms with Gasteiger partial charge < -0.3 is 10.3 Å². The highest BCUT2D eigenvalue weighted by molar-refractivity contribution is 6.06. The van der Waals surface area contributed by atoms with Gasteiger partial charge in [0.1, 0.15) is 5.52 Å². The summed E-state index contributed by atoms with van der Waals surface area (Å²) in [5.74, 6) is 1.04. The molecule has 0 saturated carbocycles. The molecule has 0 amide bonds. The molecule has 1 aromatic carbocycles. The molecule has 1 atom stereocenters. The smallest absolute Gasteiger partial charge is 0.152 e. The molecule has 4 nitrogen and oxygen atoms in total. The number of hydrogen-bond acceptors (Lipinski definition) is 3. The van der Waals surface area contributed by atoms with E-state index in [0.717, 1.165) is 21.9 Å². The van der Waals surface area contributed by atoms with E-state index >= 15 is 0 Å². The zero-order chi connectivity index (χ0) is 13.6. The van der Waals surface area contributed by atoms with Crippen molar-refractivity contribution < 1.29 is 0 Å². The molecule has 2 heterocycles. The molecule has 4 heteroatoms. The lowest BCUT2D eigenvalue weighted by Gasteiger charge is -2.19. The van der Waals surface area contributed by atoms with Gasteiger partial charge in [-0.2, -0.15) is 0 Å². The molecule has 98 valence electrons. The second kappa shape index (κ2) is 4.23. The number of aromatic nitrogens is 3. The van der Waals surface area contributed by atoms with Gasteiger partial charge >= 0.3 is 0 Å². The van der Waals surface area contributed by atoms with E-state index in [1.54, 1.807) is 0 Å². The molecule has 0 unspecified atom stereocenters. The lowest BCUT2D eigenvalue weighted by Crippen LogP contribution is -2.10. The molecule has 0 spiro atoms. The number of nitrogen functional groups attached to an aromatic ring is 1. The van der Waals surface area contributed by atoms with Crippen molar-refractivity contribution in [3.63, 3.8) is 0 Å². The minimum atomic E-state index is 0.371. The Morgan fingerprint density at radius 2 is 1.89 bits per heavy atom. The Bertz CT molecular complexity index is 742. The molecular weight excluding hydrogens is 236 g/mol. The number of benzene rings is 1. The van der Waals surface area contributed by atoms with Gasteiger partial charge in [-0.1, -0.05) is 32.0 Å². The highest BCUT2D eigenvalue weighted by Gasteiger charge is 2.17. The predicted octanol–water partition coefficient (Wildman–Crippen LogP) is 3.38. The maximum Gasteiger partial charge on any atom is 0.152 e. The van der Waals surface area contributed by atoms with Crippen LogP contribution in [0.4, 0.5) is 5.82 Å². The first-order valence-electron chi connectivity index (χ1n) is 6.60. The molecule has 0 fully saturated rings. The fourth-order valence-corrected chi connectivity index (χ4v) is 2.40. The third kappa shape index (κ3) is 1.75. The van der Waals surface area contributed by atoms with Crippen LogP contribution >= 0.6 is 0 Å². The summed E-state index contributed by atoms with van der Waals surface area (Å²) in [4.78, 5) is 8.87. The largest absolute Gasteiger partial charge is 0.382 e. The summed E-state index contributed by atoms with van der Waals surface area (Å²) in [6, 6.07) is 8.44. The van der Waals surface area contributed by atoms with E-state index in [0.29, 0.717) is 17.8 Å². The van der Waals surface area contributed by atoms with Gasteiger partial charge in [0.2, 0.25) is 0 Å². The van der Waals surface area contributed by atoms with Crippen LogP contribution < -0.4 is 5.73 Å². The number of pyridine rings is 1. The van der Waals surface area contributed by atoms with Crippen LogP contribution in [0.1, 0.15) is 26.8 Å². The fraction of sp³-hybridized carbons (Fsp3) is 0.333. The van der Waals surface area contributed by atoms with E-state index in [1.807, 2.05) is 24.5 Å². The maximum atomic E-state index is 6.02. The minimum absolute atomic E-state index is 0.371. The average molecular weight is 254 g/mol. The number of nitrogens with zero attached hydrogens (tertiary/aromatic N) is 3. The Morgan fingerprint density at radius 3 is 2.63 bits per heavy atom. The summed E-state index contributed by atoms with van der Waals surface area (Å²) < 4.78 is 2.21. The van der Waals surface area contributed by atoms with Gasteiger partial charge in [-0.05, 0) is 18.9 Å². The number of imidazole rings is 1. The van der Waals surface area contributed by atoms with Crippen LogP contribution in [-0.4, -0.2) is 14.5 Å². The number of para-hydroxylation sites is 1. The lowest BCUT2D eigenvalue weighted by atomic mass is 10.1. The van der Waals surface area contributed by atoms with E-state index in [9.17, 15) is 0 Å². The second-order valence-corrected chi connectivity index (χ2v) is 5.35. The summed E-state index contributed by atoms with van der Waals surface area (Å²) in [5.41, 5.74) is 8.83. The van der Waals surface area contributed by atoms with Gasteiger partial charge in [-0.3, -0.25) is 0 Å². The molecule has 0 aliphatic rings. The first kappa shape index (κ1) is 12.0. The molecule has 0 aliphatic heterocycles. The van der Waals surface area contributed by atoms with Crippen molar-refractivity contribution in [2.75, 3.05) is 5.73 Å².